The molecule has 0 aliphatic heterocycles. The van der Waals surface area contributed by atoms with E-state index in [9.17, 15) is 8.42 Å². The van der Waals surface area contributed by atoms with Gasteiger partial charge in [-0.2, -0.15) is 0 Å². The maximum atomic E-state index is 12.3. The van der Waals surface area contributed by atoms with Crippen LogP contribution in [0.2, 0.25) is 5.02 Å². The monoisotopic (exact) mass is 535 g/mol. The lowest BCUT2D eigenvalue weighted by atomic mass is 10.1. The van der Waals surface area contributed by atoms with E-state index in [1.807, 2.05) is 31.2 Å². The van der Waals surface area contributed by atoms with Gasteiger partial charge < -0.3 is 10.6 Å². The third kappa shape index (κ3) is 8.79. The molecule has 0 bridgehead atoms. The number of sulfone groups is 1. The van der Waals surface area contributed by atoms with Crippen LogP contribution in [0, 0.1) is 0 Å². The van der Waals surface area contributed by atoms with Gasteiger partial charge in [-0.25, -0.2) is 8.42 Å². The van der Waals surface area contributed by atoms with E-state index in [4.69, 9.17) is 11.6 Å². The Kier molecular flexibility index (Phi) is 11.5. The summed E-state index contributed by atoms with van der Waals surface area (Å²) in [4.78, 5) is 4.82. The van der Waals surface area contributed by atoms with Crippen molar-refractivity contribution in [3.63, 3.8) is 0 Å². The summed E-state index contributed by atoms with van der Waals surface area (Å²) < 4.78 is 24.5. The molecule has 0 amide bonds. The first kappa shape index (κ1) is 24.7. The maximum Gasteiger partial charge on any atom is 0.191 e. The third-order valence-electron chi connectivity index (χ3n) is 3.88. The molecule has 5 nitrogen and oxygen atoms in total. The van der Waals surface area contributed by atoms with Crippen LogP contribution in [0.25, 0.3) is 0 Å². The largest absolute Gasteiger partial charge is 0.357 e. The molecule has 8 heteroatoms. The highest BCUT2D eigenvalue weighted by atomic mass is 127. The van der Waals surface area contributed by atoms with Crippen LogP contribution in [0.15, 0.2) is 64.5 Å². The van der Waals surface area contributed by atoms with Gasteiger partial charge in [0.15, 0.2) is 15.8 Å². The van der Waals surface area contributed by atoms with Gasteiger partial charge >= 0.3 is 0 Å². The van der Waals surface area contributed by atoms with Gasteiger partial charge in [-0.05, 0) is 49.6 Å². The second kappa shape index (κ2) is 13.0. The predicted molar refractivity (Wildman–Crippen MR) is 128 cm³/mol. The first-order chi connectivity index (χ1) is 13.0. The van der Waals surface area contributed by atoms with E-state index in [1.54, 1.807) is 30.3 Å². The Balaban J connectivity index is 0.00000392. The lowest BCUT2D eigenvalue weighted by molar-refractivity contribution is 0.593. The minimum atomic E-state index is -3.25. The number of guanidine groups is 1. The molecule has 0 unspecified atom stereocenters. The lowest BCUT2D eigenvalue weighted by Gasteiger charge is -2.11. The van der Waals surface area contributed by atoms with Crippen LogP contribution in [0.1, 0.15) is 18.9 Å². The van der Waals surface area contributed by atoms with Gasteiger partial charge in [0.1, 0.15) is 0 Å². The Labute approximate surface area is 189 Å². The van der Waals surface area contributed by atoms with Crippen molar-refractivity contribution < 1.29 is 8.42 Å². The standard InChI is InChI=1S/C20H26ClN3O2S.HI/c1-2-22-20(24-14-12-17-8-6-9-18(21)16-17)23-13-7-15-27(25,26)19-10-4-3-5-11-19;/h3-6,8-11,16H,2,7,12-15H2,1H3,(H2,22,23,24);1H. The molecule has 2 N–H and O–H groups in total. The SMILES string of the molecule is CCNC(=NCCCS(=O)(=O)c1ccccc1)NCCc1cccc(Cl)c1.I. The fraction of sp³-hybridized carbons (Fsp3) is 0.350. The van der Waals surface area contributed by atoms with E-state index in [-0.39, 0.29) is 29.7 Å². The number of nitrogens with zero attached hydrogens (tertiary/aromatic N) is 1. The highest BCUT2D eigenvalue weighted by Crippen LogP contribution is 2.11. The van der Waals surface area contributed by atoms with E-state index < -0.39 is 9.84 Å². The minimum absolute atomic E-state index is 0. The maximum absolute atomic E-state index is 12.3. The topological polar surface area (TPSA) is 70.6 Å². The molecule has 28 heavy (non-hydrogen) atoms. The number of hydrogen-bond acceptors (Lipinski definition) is 3. The summed E-state index contributed by atoms with van der Waals surface area (Å²) in [6.07, 6.45) is 1.30. The van der Waals surface area contributed by atoms with Gasteiger partial charge in [-0.1, -0.05) is 41.9 Å². The zero-order valence-corrected chi connectivity index (χ0v) is 19.8. The molecule has 0 heterocycles. The second-order valence-corrected chi connectivity index (χ2v) is 8.60. The van der Waals surface area contributed by atoms with Crippen LogP contribution in [0.5, 0.6) is 0 Å². The molecule has 0 aromatic heterocycles. The molecule has 2 aromatic carbocycles. The molecular weight excluding hydrogens is 509 g/mol. The van der Waals surface area contributed by atoms with Crippen molar-refractivity contribution in [2.75, 3.05) is 25.4 Å². The van der Waals surface area contributed by atoms with Gasteiger partial charge in [0, 0.05) is 24.7 Å². The van der Waals surface area contributed by atoms with Crippen LogP contribution < -0.4 is 10.6 Å². The quantitative estimate of drug-likeness (QED) is 0.221. The number of rotatable bonds is 9. The predicted octanol–water partition coefficient (Wildman–Crippen LogP) is 3.92. The average Bonchev–Trinajstić information content (AvgIpc) is 2.66. The number of hydrogen-bond donors (Lipinski definition) is 2. The molecule has 2 rings (SSSR count). The molecule has 0 aliphatic carbocycles. The van der Waals surface area contributed by atoms with Gasteiger partial charge in [0.25, 0.3) is 0 Å². The van der Waals surface area contributed by atoms with Crippen LogP contribution in [-0.2, 0) is 16.3 Å². The van der Waals surface area contributed by atoms with Gasteiger partial charge in [0.2, 0.25) is 0 Å². The Bertz CT molecular complexity index is 846. The van der Waals surface area contributed by atoms with Crippen molar-refractivity contribution in [3.8, 4) is 0 Å². The summed E-state index contributed by atoms with van der Waals surface area (Å²) in [5, 5.41) is 7.17. The van der Waals surface area contributed by atoms with E-state index in [0.717, 1.165) is 23.6 Å². The van der Waals surface area contributed by atoms with Crippen molar-refractivity contribution in [2.45, 2.75) is 24.7 Å². The molecule has 0 saturated carbocycles. The molecular formula is C20H27ClIN3O2S. The fourth-order valence-electron chi connectivity index (χ4n) is 2.55. The zero-order chi connectivity index (χ0) is 19.5. The van der Waals surface area contributed by atoms with Crippen LogP contribution in [0.3, 0.4) is 0 Å². The molecule has 2 aromatic rings. The Morgan fingerprint density at radius 3 is 2.50 bits per heavy atom. The highest BCUT2D eigenvalue weighted by molar-refractivity contribution is 14.0. The molecule has 0 fully saturated rings. The van der Waals surface area contributed by atoms with Crippen molar-refractivity contribution in [1.82, 2.24) is 10.6 Å². The molecule has 0 radical (unpaired) electrons. The first-order valence-corrected chi connectivity index (χ1v) is 11.1. The first-order valence-electron chi connectivity index (χ1n) is 9.05. The van der Waals surface area contributed by atoms with Crippen LogP contribution >= 0.6 is 35.6 Å². The Morgan fingerprint density at radius 1 is 1.07 bits per heavy atom. The smallest absolute Gasteiger partial charge is 0.191 e. The summed E-state index contributed by atoms with van der Waals surface area (Å²) in [6.45, 7) is 3.90. The molecule has 0 saturated heterocycles. The summed E-state index contributed by atoms with van der Waals surface area (Å²) in [5.74, 6) is 0.777. The van der Waals surface area contributed by atoms with Crippen molar-refractivity contribution >= 4 is 51.4 Å². The number of nitrogens with one attached hydrogen (secondary N) is 2. The summed E-state index contributed by atoms with van der Waals surface area (Å²) in [7, 11) is -3.25. The summed E-state index contributed by atoms with van der Waals surface area (Å²) >= 11 is 6.00. The summed E-state index contributed by atoms with van der Waals surface area (Å²) in [5.41, 5.74) is 1.15. The van der Waals surface area contributed by atoms with Crippen molar-refractivity contribution in [3.05, 3.63) is 65.2 Å². The van der Waals surface area contributed by atoms with E-state index >= 15 is 0 Å². The molecule has 0 aliphatic rings. The highest BCUT2D eigenvalue weighted by Gasteiger charge is 2.12. The lowest BCUT2D eigenvalue weighted by Crippen LogP contribution is -2.38. The van der Waals surface area contributed by atoms with Crippen molar-refractivity contribution in [2.24, 2.45) is 4.99 Å². The Hall–Kier alpha value is -1.32. The summed E-state index contributed by atoms with van der Waals surface area (Å²) in [6, 6.07) is 16.3. The zero-order valence-electron chi connectivity index (χ0n) is 15.9. The third-order valence-corrected chi connectivity index (χ3v) is 5.93. The second-order valence-electron chi connectivity index (χ2n) is 6.05. The Morgan fingerprint density at radius 2 is 1.82 bits per heavy atom. The average molecular weight is 536 g/mol. The number of benzene rings is 2. The van der Waals surface area contributed by atoms with Gasteiger partial charge in [-0.15, -0.1) is 24.0 Å². The normalized spacial score (nSPS) is 11.6. The fourth-order valence-corrected chi connectivity index (χ4v) is 4.08. The molecule has 154 valence electrons. The van der Waals surface area contributed by atoms with Crippen LogP contribution in [-0.4, -0.2) is 39.8 Å². The number of aliphatic imine (C=N–C) groups is 1. The van der Waals surface area contributed by atoms with Gasteiger partial charge in [-0.3, -0.25) is 4.99 Å². The van der Waals surface area contributed by atoms with E-state index in [1.165, 1.54) is 0 Å². The number of halogens is 2. The van der Waals surface area contributed by atoms with Gasteiger partial charge in [0.05, 0.1) is 10.6 Å². The minimum Gasteiger partial charge on any atom is -0.357 e. The molecule has 0 atom stereocenters. The van der Waals surface area contributed by atoms with Crippen LogP contribution in [0.4, 0.5) is 0 Å². The van der Waals surface area contributed by atoms with E-state index in [0.29, 0.717) is 30.4 Å². The molecule has 0 spiro atoms. The van der Waals surface area contributed by atoms with E-state index in [2.05, 4.69) is 15.6 Å². The van der Waals surface area contributed by atoms with Crippen molar-refractivity contribution in [1.29, 1.82) is 0 Å².